The van der Waals surface area contributed by atoms with E-state index in [0.29, 0.717) is 46.2 Å². The van der Waals surface area contributed by atoms with E-state index in [0.717, 1.165) is 24.9 Å². The number of hydrogen-bond acceptors (Lipinski definition) is 16. The fraction of sp³-hybridized carbons (Fsp3) is 0.960. The summed E-state index contributed by atoms with van der Waals surface area (Å²) in [4.78, 5) is 0. The number of alkyl halides is 6. The van der Waals surface area contributed by atoms with Crippen molar-refractivity contribution in [2.24, 2.45) is 0 Å². The molecule has 0 aliphatic heterocycles. The van der Waals surface area contributed by atoms with Gasteiger partial charge in [-0.1, -0.05) is 13.5 Å². The summed E-state index contributed by atoms with van der Waals surface area (Å²) in [5.41, 5.74) is 0. The van der Waals surface area contributed by atoms with Gasteiger partial charge in [-0.3, -0.25) is 0 Å². The van der Waals surface area contributed by atoms with Gasteiger partial charge in [0.25, 0.3) is 0 Å². The Kier molecular flexibility index (Phi) is 46.3. The topological polar surface area (TPSA) is 181 Å². The lowest BCUT2D eigenvalue weighted by Crippen LogP contribution is -2.60. The van der Waals surface area contributed by atoms with Crippen LogP contribution in [0, 0.1) is 0 Å². The molecule has 0 bridgehead atoms. The highest BCUT2D eigenvalue weighted by Gasteiger charge is 2.50. The predicted molar refractivity (Wildman–Crippen MR) is 336 cm³/mol. The summed E-state index contributed by atoms with van der Waals surface area (Å²) in [5, 5.41) is 27.6. The van der Waals surface area contributed by atoms with Crippen LogP contribution in [-0.4, -0.2) is 201 Å². The molecule has 0 saturated carbocycles. The molecule has 0 aromatic carbocycles. The number of ether oxygens (including phenoxy) is 6. The number of aliphatic hydroxyl groups excluding tert-OH is 3. The molecule has 0 radical (unpaired) electrons. The van der Waals surface area contributed by atoms with Crippen LogP contribution in [0.2, 0.25) is 129 Å². The molecule has 492 valence electrons. The molecular formula is C50H118F6O16Si9. The maximum atomic E-state index is 13.5. The van der Waals surface area contributed by atoms with Crippen LogP contribution in [0.3, 0.4) is 0 Å². The van der Waals surface area contributed by atoms with Crippen LogP contribution in [0.1, 0.15) is 74.7 Å². The number of hydrogen-bond donors (Lipinski definition) is 3. The van der Waals surface area contributed by atoms with Crippen molar-refractivity contribution in [2.45, 2.75) is 253 Å². The quantitative estimate of drug-likeness (QED) is 0.0227. The lowest BCUT2D eigenvalue weighted by Gasteiger charge is -2.44. The molecule has 31 heteroatoms. The first-order valence-corrected chi connectivity index (χ1v) is 53.6. The van der Waals surface area contributed by atoms with Crippen LogP contribution < -0.4 is 0 Å². The molecular weight excluding hydrogens is 1220 g/mol. The summed E-state index contributed by atoms with van der Waals surface area (Å²) in [6, 6.07) is 1.32. The summed E-state index contributed by atoms with van der Waals surface area (Å²) in [5.74, 6) is 0. The highest BCUT2D eigenvalue weighted by molar-refractivity contribution is 6.91. The maximum Gasteiger partial charge on any atom is 0.389 e. The van der Waals surface area contributed by atoms with Gasteiger partial charge in [0.05, 0.1) is 82.9 Å². The second kappa shape index (κ2) is 42.5. The van der Waals surface area contributed by atoms with Gasteiger partial charge in [0.1, 0.15) is 0 Å². The third-order valence-corrected chi connectivity index (χ3v) is 43.4. The van der Waals surface area contributed by atoms with Gasteiger partial charge < -0.3 is 72.5 Å². The maximum absolute atomic E-state index is 13.5. The summed E-state index contributed by atoms with van der Waals surface area (Å²) in [7, 11) is -21.7. The fourth-order valence-electron chi connectivity index (χ4n) is 8.19. The van der Waals surface area contributed by atoms with Gasteiger partial charge in [-0.25, -0.2) is 0 Å². The molecule has 7 atom stereocenters. The van der Waals surface area contributed by atoms with Crippen molar-refractivity contribution < 1.29 is 98.9 Å². The monoisotopic (exact) mass is 1340 g/mol. The first kappa shape index (κ1) is 88.1. The van der Waals surface area contributed by atoms with E-state index in [1.807, 2.05) is 86.2 Å². The lowest BCUT2D eigenvalue weighted by atomic mass is 10.4. The van der Waals surface area contributed by atoms with Crippen LogP contribution in [0.5, 0.6) is 0 Å². The molecule has 3 N–H and O–H groups in total. The molecule has 0 aliphatic carbocycles. The van der Waals surface area contributed by atoms with Crippen LogP contribution in [-0.2, 0) is 57.2 Å². The molecule has 0 aromatic heterocycles. The normalized spacial score (nSPS) is 16.9. The van der Waals surface area contributed by atoms with Crippen molar-refractivity contribution in [3.8, 4) is 0 Å². The van der Waals surface area contributed by atoms with Crippen LogP contribution >= 0.6 is 0 Å². The van der Waals surface area contributed by atoms with E-state index >= 15 is 0 Å². The van der Waals surface area contributed by atoms with E-state index in [9.17, 15) is 36.6 Å². The van der Waals surface area contributed by atoms with E-state index in [2.05, 4.69) is 32.8 Å². The Morgan fingerprint density at radius 1 is 0.444 bits per heavy atom. The van der Waals surface area contributed by atoms with Gasteiger partial charge in [-0.15, -0.1) is 6.58 Å². The summed E-state index contributed by atoms with van der Waals surface area (Å²) < 4.78 is 155. The highest BCUT2D eigenvalue weighted by Crippen LogP contribution is 2.35. The average molecular weight is 1340 g/mol. The second-order valence-corrected chi connectivity index (χ2v) is 56.4. The molecule has 0 heterocycles. The lowest BCUT2D eigenvalue weighted by molar-refractivity contribution is -0.132. The molecule has 81 heavy (non-hydrogen) atoms. The van der Waals surface area contributed by atoms with Crippen molar-refractivity contribution in [3.63, 3.8) is 0 Å². The smallest absolute Gasteiger partial charge is 0.389 e. The predicted octanol–water partition coefficient (Wildman–Crippen LogP) is 12.6. The molecule has 0 aliphatic rings. The number of rotatable bonds is 43. The van der Waals surface area contributed by atoms with Crippen molar-refractivity contribution >= 4 is 77.5 Å². The Labute approximate surface area is 498 Å². The van der Waals surface area contributed by atoms with Gasteiger partial charge in [0.15, 0.2) is 34.7 Å². The Morgan fingerprint density at radius 2 is 0.753 bits per heavy atom. The molecule has 7 unspecified atom stereocenters. The summed E-state index contributed by atoms with van der Waals surface area (Å²) in [6.07, 6.45) is -8.76. The SMILES string of the molecule is C.C=CCOCC(C)OCC(C)O.CC(O)COC(C)COCCC[Si](C)(C)O[Si](C)(C)O[Si](C)(CCC(F)(F)F)O[Si](C)(C)O[Si](C)(C)CCCOCC(C)OCC(C)O.C[SiH](C)O[Si](C)(C)O[Si](C)(CCC(F)(F)F)O[SiH](C)C. The molecule has 0 aromatic rings. The fourth-order valence-corrected chi connectivity index (χ4v) is 48.7. The second-order valence-electron chi connectivity index (χ2n) is 24.2. The Hall–Kier alpha value is 0.632. The first-order chi connectivity index (χ1) is 36.1. The Bertz CT molecular complexity index is 1520. The van der Waals surface area contributed by atoms with Gasteiger partial charge in [0, 0.05) is 26.1 Å². The zero-order chi connectivity index (χ0) is 63.0. The van der Waals surface area contributed by atoms with E-state index in [1.165, 1.54) is 0 Å². The minimum Gasteiger partial charge on any atom is -0.440 e. The van der Waals surface area contributed by atoms with Crippen molar-refractivity contribution in [1.29, 1.82) is 0 Å². The first-order valence-electron chi connectivity index (χ1n) is 28.3. The van der Waals surface area contributed by atoms with Crippen molar-refractivity contribution in [3.05, 3.63) is 12.7 Å². The van der Waals surface area contributed by atoms with Gasteiger partial charge in [-0.2, -0.15) is 26.3 Å². The minimum absolute atomic E-state index is 0. The molecule has 0 amide bonds. The van der Waals surface area contributed by atoms with E-state index in [-0.39, 0.29) is 51.0 Å². The van der Waals surface area contributed by atoms with Crippen LogP contribution in [0.15, 0.2) is 12.7 Å². The molecule has 0 fully saturated rings. The van der Waals surface area contributed by atoms with E-state index < -0.39 is 121 Å². The molecule has 0 saturated heterocycles. The number of halogens is 6. The van der Waals surface area contributed by atoms with Gasteiger partial charge in [0.2, 0.25) is 0 Å². The largest absolute Gasteiger partial charge is 0.440 e. The van der Waals surface area contributed by atoms with E-state index in [4.69, 9.17) is 62.3 Å². The van der Waals surface area contributed by atoms with Gasteiger partial charge >= 0.3 is 55.2 Å². The third kappa shape index (κ3) is 58.1. The molecule has 0 rings (SSSR count). The van der Waals surface area contributed by atoms with Crippen LogP contribution in [0.4, 0.5) is 26.3 Å². The van der Waals surface area contributed by atoms with E-state index in [1.54, 1.807) is 39.9 Å². The van der Waals surface area contributed by atoms with Crippen LogP contribution in [0.25, 0.3) is 0 Å². The molecule has 16 nitrogen and oxygen atoms in total. The zero-order valence-corrected chi connectivity index (χ0v) is 62.7. The van der Waals surface area contributed by atoms with Crippen molar-refractivity contribution in [1.82, 2.24) is 0 Å². The zero-order valence-electron chi connectivity index (χ0n) is 53.3. The standard InChI is InChI=1S/C30H69F3O10Si5.C10H27F3O3Si4.C9H18O3.CH4/c1-26(34)22-38-28(3)24-36-17-14-19-44(5,6)40-46(9,10)42-48(13,21-16-30(31,32)33)43-47(11,12)41-45(7,8)20-15-18-37-25-29(4)39-23-27(2)35;1-17(2)14-19(5,6)16-20(7,15-18(3)4)9-8-10(11,12)13;1-4-5-11-7-9(3)12-6-8(2)10;/h26-29,34-35H,14-25H2,1-13H3;17-18H,8-9H2,1-7H3;4,8-10H,1,5-7H2,2-3H3;1H4. The Balaban J connectivity index is -0.000000730. The minimum atomic E-state index is -4.33. The van der Waals surface area contributed by atoms with Crippen molar-refractivity contribution in [2.75, 3.05) is 59.5 Å². The summed E-state index contributed by atoms with van der Waals surface area (Å²) >= 11 is 0. The molecule has 0 spiro atoms. The average Bonchev–Trinajstić information content (AvgIpc) is 3.23. The highest BCUT2D eigenvalue weighted by atomic mass is 28.5. The summed E-state index contributed by atoms with van der Waals surface area (Å²) in [6.45, 7) is 49.3. The van der Waals surface area contributed by atoms with Gasteiger partial charge in [-0.05, 0) is 183 Å². The number of aliphatic hydroxyl groups is 3. The Morgan fingerprint density at radius 3 is 1.05 bits per heavy atom. The third-order valence-electron chi connectivity index (χ3n) is 10.5.